The van der Waals surface area contributed by atoms with Crippen LogP contribution in [0.15, 0.2) is 16.7 Å². The van der Waals surface area contributed by atoms with Crippen molar-refractivity contribution in [1.82, 2.24) is 5.32 Å². The highest BCUT2D eigenvalue weighted by Crippen LogP contribution is 2.28. The lowest BCUT2D eigenvalue weighted by molar-refractivity contribution is -0.143. The summed E-state index contributed by atoms with van der Waals surface area (Å²) in [7, 11) is 0. The Morgan fingerprint density at radius 2 is 2.05 bits per heavy atom. The summed E-state index contributed by atoms with van der Waals surface area (Å²) in [4.78, 5) is 22.6. The van der Waals surface area contributed by atoms with Crippen molar-refractivity contribution >= 4 is 11.9 Å². The maximum absolute atomic E-state index is 11.8. The van der Waals surface area contributed by atoms with Gasteiger partial charge in [-0.2, -0.15) is 0 Å². The van der Waals surface area contributed by atoms with Crippen LogP contribution < -0.4 is 5.32 Å². The van der Waals surface area contributed by atoms with E-state index in [4.69, 9.17) is 9.52 Å². The molecule has 1 aliphatic rings. The van der Waals surface area contributed by atoms with Crippen LogP contribution in [0.5, 0.6) is 0 Å². The fraction of sp³-hybridized carbons (Fsp3) is 0.571. The predicted molar refractivity (Wildman–Crippen MR) is 68.9 cm³/mol. The highest BCUT2D eigenvalue weighted by molar-refractivity contribution is 5.93. The maximum Gasteiger partial charge on any atom is 0.306 e. The van der Waals surface area contributed by atoms with E-state index in [1.165, 1.54) is 6.26 Å². The second kappa shape index (κ2) is 5.91. The first-order chi connectivity index (χ1) is 9.06. The molecule has 0 spiro atoms. The summed E-state index contributed by atoms with van der Waals surface area (Å²) >= 11 is 0. The van der Waals surface area contributed by atoms with Crippen LogP contribution in [0.25, 0.3) is 0 Å². The molecule has 19 heavy (non-hydrogen) atoms. The predicted octanol–water partition coefficient (Wildman–Crippen LogP) is 2.21. The average Bonchev–Trinajstić information content (AvgIpc) is 2.83. The molecule has 1 aromatic heterocycles. The summed E-state index contributed by atoms with van der Waals surface area (Å²) in [6.45, 7) is 2.40. The molecule has 2 rings (SSSR count). The molecule has 5 heteroatoms. The normalized spacial score (nSPS) is 23.0. The van der Waals surface area contributed by atoms with Gasteiger partial charge in [-0.1, -0.05) is 0 Å². The summed E-state index contributed by atoms with van der Waals surface area (Å²) in [5.41, 5.74) is 0.539. The fourth-order valence-corrected chi connectivity index (χ4v) is 2.52. The summed E-state index contributed by atoms with van der Waals surface area (Å²) in [5, 5.41) is 11.8. The lowest BCUT2D eigenvalue weighted by Gasteiger charge is -2.26. The Morgan fingerprint density at radius 1 is 1.37 bits per heavy atom. The van der Waals surface area contributed by atoms with Crippen molar-refractivity contribution in [2.45, 2.75) is 32.6 Å². The van der Waals surface area contributed by atoms with E-state index in [-0.39, 0.29) is 11.8 Å². The van der Waals surface area contributed by atoms with Gasteiger partial charge in [0.05, 0.1) is 11.5 Å². The van der Waals surface area contributed by atoms with Gasteiger partial charge in [0.25, 0.3) is 5.91 Å². The van der Waals surface area contributed by atoms with E-state index in [2.05, 4.69) is 5.32 Å². The van der Waals surface area contributed by atoms with E-state index in [0.717, 1.165) is 12.8 Å². The zero-order chi connectivity index (χ0) is 13.8. The number of nitrogens with one attached hydrogen (secondary N) is 1. The van der Waals surface area contributed by atoms with Gasteiger partial charge in [0, 0.05) is 6.54 Å². The third-order valence-corrected chi connectivity index (χ3v) is 3.74. The molecule has 2 N–H and O–H groups in total. The largest absolute Gasteiger partial charge is 0.481 e. The highest BCUT2D eigenvalue weighted by Gasteiger charge is 2.26. The standard InChI is InChI=1S/C14H19NO4/c1-9-6-12(8-19-9)13(16)15-7-10-2-4-11(5-3-10)14(17)18/h6,8,10-11H,2-5,7H2,1H3,(H,15,16)(H,17,18). The van der Waals surface area contributed by atoms with Gasteiger partial charge in [-0.3, -0.25) is 9.59 Å². The lowest BCUT2D eigenvalue weighted by atomic mass is 9.82. The molecule has 1 fully saturated rings. The molecule has 0 bridgehead atoms. The number of hydrogen-bond acceptors (Lipinski definition) is 3. The SMILES string of the molecule is Cc1cc(C(=O)NCC2CCC(C(=O)O)CC2)co1. The van der Waals surface area contributed by atoms with E-state index < -0.39 is 5.97 Å². The topological polar surface area (TPSA) is 79.5 Å². The monoisotopic (exact) mass is 265 g/mol. The molecule has 1 amide bonds. The van der Waals surface area contributed by atoms with Crippen molar-refractivity contribution in [2.24, 2.45) is 11.8 Å². The number of aliphatic carboxylic acids is 1. The molecular weight excluding hydrogens is 246 g/mol. The maximum atomic E-state index is 11.8. The molecule has 5 nitrogen and oxygen atoms in total. The Balaban J connectivity index is 1.75. The van der Waals surface area contributed by atoms with Gasteiger partial charge in [0.2, 0.25) is 0 Å². The van der Waals surface area contributed by atoms with Crippen LogP contribution in [0.3, 0.4) is 0 Å². The minimum Gasteiger partial charge on any atom is -0.481 e. The van der Waals surface area contributed by atoms with Gasteiger partial charge < -0.3 is 14.8 Å². The van der Waals surface area contributed by atoms with E-state index in [0.29, 0.717) is 36.6 Å². The van der Waals surface area contributed by atoms with Crippen LogP contribution in [0.1, 0.15) is 41.8 Å². The number of carboxylic acids is 1. The Bertz CT molecular complexity index is 458. The number of rotatable bonds is 4. The first-order valence-corrected chi connectivity index (χ1v) is 6.62. The van der Waals surface area contributed by atoms with Gasteiger partial charge in [0.15, 0.2) is 0 Å². The molecule has 0 atom stereocenters. The Hall–Kier alpha value is -1.78. The van der Waals surface area contributed by atoms with Gasteiger partial charge >= 0.3 is 5.97 Å². The van der Waals surface area contributed by atoms with Crippen molar-refractivity contribution in [3.05, 3.63) is 23.7 Å². The first-order valence-electron chi connectivity index (χ1n) is 6.62. The van der Waals surface area contributed by atoms with Gasteiger partial charge in [-0.25, -0.2) is 0 Å². The Morgan fingerprint density at radius 3 is 2.58 bits per heavy atom. The Labute approximate surface area is 112 Å². The number of furan rings is 1. The van der Waals surface area contributed by atoms with E-state index in [1.54, 1.807) is 13.0 Å². The molecule has 1 aromatic rings. The zero-order valence-electron chi connectivity index (χ0n) is 11.0. The van der Waals surface area contributed by atoms with E-state index in [9.17, 15) is 9.59 Å². The number of carboxylic acid groups (broad SMARTS) is 1. The second-order valence-corrected chi connectivity index (χ2v) is 5.21. The molecule has 0 radical (unpaired) electrons. The number of hydrogen-bond donors (Lipinski definition) is 2. The molecule has 0 unspecified atom stereocenters. The molecule has 1 saturated carbocycles. The number of amides is 1. The van der Waals surface area contributed by atoms with Crippen molar-refractivity contribution in [3.8, 4) is 0 Å². The third-order valence-electron chi connectivity index (χ3n) is 3.74. The third kappa shape index (κ3) is 3.59. The van der Waals surface area contributed by atoms with Gasteiger partial charge in [-0.05, 0) is 44.6 Å². The first kappa shape index (κ1) is 13.6. The van der Waals surface area contributed by atoms with E-state index in [1.807, 2.05) is 0 Å². The van der Waals surface area contributed by atoms with Crippen LogP contribution >= 0.6 is 0 Å². The summed E-state index contributed by atoms with van der Waals surface area (Å²) in [6, 6.07) is 1.71. The minimum atomic E-state index is -0.698. The number of carbonyl (C=O) groups excluding carboxylic acids is 1. The van der Waals surface area contributed by atoms with Crippen LogP contribution in [-0.4, -0.2) is 23.5 Å². The van der Waals surface area contributed by atoms with Crippen LogP contribution in [0.4, 0.5) is 0 Å². The van der Waals surface area contributed by atoms with Crippen LogP contribution in [0, 0.1) is 18.8 Å². The molecule has 0 saturated heterocycles. The number of aryl methyl sites for hydroxylation is 1. The smallest absolute Gasteiger partial charge is 0.306 e. The highest BCUT2D eigenvalue weighted by atomic mass is 16.4. The van der Waals surface area contributed by atoms with Crippen molar-refractivity contribution in [3.63, 3.8) is 0 Å². The average molecular weight is 265 g/mol. The molecule has 1 aliphatic carbocycles. The van der Waals surface area contributed by atoms with Crippen molar-refractivity contribution in [1.29, 1.82) is 0 Å². The molecule has 104 valence electrons. The van der Waals surface area contributed by atoms with Crippen LogP contribution in [-0.2, 0) is 4.79 Å². The fourth-order valence-electron chi connectivity index (χ4n) is 2.52. The van der Waals surface area contributed by atoms with Gasteiger partial charge in [-0.15, -0.1) is 0 Å². The number of carbonyl (C=O) groups is 2. The summed E-state index contributed by atoms with van der Waals surface area (Å²) in [5.74, 6) is 0.0664. The minimum absolute atomic E-state index is 0.128. The van der Waals surface area contributed by atoms with E-state index >= 15 is 0 Å². The molecule has 1 heterocycles. The summed E-state index contributed by atoms with van der Waals surface area (Å²) < 4.78 is 5.09. The molecular formula is C14H19NO4. The van der Waals surface area contributed by atoms with Crippen molar-refractivity contribution < 1.29 is 19.1 Å². The quantitative estimate of drug-likeness (QED) is 0.874. The Kier molecular flexibility index (Phi) is 4.24. The van der Waals surface area contributed by atoms with Crippen LogP contribution in [0.2, 0.25) is 0 Å². The lowest BCUT2D eigenvalue weighted by Crippen LogP contribution is -2.32. The van der Waals surface area contributed by atoms with Crippen molar-refractivity contribution in [2.75, 3.05) is 6.54 Å². The molecule has 0 aromatic carbocycles. The summed E-state index contributed by atoms with van der Waals surface area (Å²) in [6.07, 6.45) is 4.59. The second-order valence-electron chi connectivity index (χ2n) is 5.21. The van der Waals surface area contributed by atoms with Gasteiger partial charge in [0.1, 0.15) is 12.0 Å². The zero-order valence-corrected chi connectivity index (χ0v) is 11.0. The molecule has 0 aliphatic heterocycles.